The summed E-state index contributed by atoms with van der Waals surface area (Å²) >= 11 is 0. The molecule has 1 N–H and O–H groups in total. The van der Waals surface area contributed by atoms with E-state index >= 15 is 0 Å². The fraction of sp³-hybridized carbons (Fsp3) is 0.259. The van der Waals surface area contributed by atoms with Gasteiger partial charge >= 0.3 is 0 Å². The number of nitrogens with zero attached hydrogens (tertiary/aromatic N) is 3. The maximum Gasteiger partial charge on any atom is 0.296 e. The van der Waals surface area contributed by atoms with Crippen molar-refractivity contribution in [2.45, 2.75) is 38.8 Å². The van der Waals surface area contributed by atoms with E-state index in [9.17, 15) is 14.7 Å². The minimum atomic E-state index is -0.857. The second kappa shape index (κ2) is 9.09. The zero-order valence-corrected chi connectivity index (χ0v) is 19.6. The molecule has 3 heterocycles. The van der Waals surface area contributed by atoms with Crippen molar-refractivity contribution in [2.75, 3.05) is 7.11 Å². The van der Waals surface area contributed by atoms with Crippen LogP contribution in [0.2, 0.25) is 0 Å². The number of aliphatic hydroxyl groups is 1. The first-order chi connectivity index (χ1) is 16.2. The van der Waals surface area contributed by atoms with Gasteiger partial charge in [-0.2, -0.15) is 0 Å². The van der Waals surface area contributed by atoms with Gasteiger partial charge < -0.3 is 14.7 Å². The van der Waals surface area contributed by atoms with Gasteiger partial charge in [-0.25, -0.2) is 0 Å². The van der Waals surface area contributed by atoms with Crippen LogP contribution in [-0.4, -0.2) is 38.8 Å². The third kappa shape index (κ3) is 4.29. The van der Waals surface area contributed by atoms with Crippen LogP contribution < -0.4 is 4.74 Å². The number of ether oxygens (including phenoxy) is 1. The van der Waals surface area contributed by atoms with Gasteiger partial charge in [-0.15, -0.1) is 0 Å². The highest BCUT2D eigenvalue weighted by Gasteiger charge is 2.47. The summed E-state index contributed by atoms with van der Waals surface area (Å²) in [6.45, 7) is 6.31. The van der Waals surface area contributed by atoms with Gasteiger partial charge in [0.25, 0.3) is 11.7 Å². The minimum Gasteiger partial charge on any atom is -0.507 e. The molecule has 3 aromatic rings. The molecule has 0 aliphatic carbocycles. The highest BCUT2D eigenvalue weighted by molar-refractivity contribution is 6.46. The molecule has 34 heavy (non-hydrogen) atoms. The molecule has 1 aliphatic heterocycles. The van der Waals surface area contributed by atoms with Crippen LogP contribution in [0, 0.1) is 0 Å². The Kier molecular flexibility index (Phi) is 6.20. The number of ketones is 1. The molecular formula is C27H27N3O4. The van der Waals surface area contributed by atoms with Gasteiger partial charge in [0.1, 0.15) is 17.6 Å². The molecule has 0 saturated carbocycles. The Morgan fingerprint density at radius 1 is 1.09 bits per heavy atom. The van der Waals surface area contributed by atoms with Crippen LogP contribution in [0.25, 0.3) is 5.76 Å². The van der Waals surface area contributed by atoms with Gasteiger partial charge in [-0.05, 0) is 46.9 Å². The van der Waals surface area contributed by atoms with Gasteiger partial charge in [0.05, 0.1) is 23.9 Å². The van der Waals surface area contributed by atoms with E-state index in [0.717, 1.165) is 11.1 Å². The second-order valence-electron chi connectivity index (χ2n) is 9.21. The van der Waals surface area contributed by atoms with Crippen LogP contribution in [-0.2, 0) is 21.5 Å². The maximum atomic E-state index is 13.3. The molecule has 0 spiro atoms. The number of benzene rings is 1. The zero-order chi connectivity index (χ0) is 24.5. The largest absolute Gasteiger partial charge is 0.507 e. The van der Waals surface area contributed by atoms with Crippen LogP contribution in [0.15, 0.2) is 72.7 Å². The SMILES string of the molecule is COc1ccc(C(C)(C)C)cc1/C(O)=C1\C(=O)C(=O)N(Cc2cccnc2)C1c1ccccn1. The molecule has 1 amide bonds. The smallest absolute Gasteiger partial charge is 0.296 e. The molecule has 1 atom stereocenters. The van der Waals surface area contributed by atoms with Crippen molar-refractivity contribution < 1.29 is 19.4 Å². The molecule has 1 aromatic carbocycles. The Hall–Kier alpha value is -4.00. The molecule has 1 fully saturated rings. The Morgan fingerprint density at radius 2 is 1.88 bits per heavy atom. The summed E-state index contributed by atoms with van der Waals surface area (Å²) in [6, 6.07) is 13.5. The lowest BCUT2D eigenvalue weighted by Crippen LogP contribution is -2.29. The van der Waals surface area contributed by atoms with E-state index in [2.05, 4.69) is 30.7 Å². The summed E-state index contributed by atoms with van der Waals surface area (Å²) in [6.07, 6.45) is 4.88. The summed E-state index contributed by atoms with van der Waals surface area (Å²) in [5, 5.41) is 11.5. The lowest BCUT2D eigenvalue weighted by atomic mass is 9.85. The van der Waals surface area contributed by atoms with Gasteiger partial charge in [0.2, 0.25) is 0 Å². The number of methoxy groups -OCH3 is 1. The molecule has 7 heteroatoms. The van der Waals surface area contributed by atoms with Gasteiger partial charge in [0.15, 0.2) is 0 Å². The van der Waals surface area contributed by atoms with E-state index in [1.165, 1.54) is 12.0 Å². The number of likely N-dealkylation sites (tertiary alicyclic amines) is 1. The fourth-order valence-corrected chi connectivity index (χ4v) is 4.08. The van der Waals surface area contributed by atoms with Crippen LogP contribution in [0.5, 0.6) is 5.75 Å². The molecule has 1 unspecified atom stereocenters. The molecule has 174 valence electrons. The van der Waals surface area contributed by atoms with Crippen LogP contribution in [0.1, 0.15) is 49.2 Å². The monoisotopic (exact) mass is 457 g/mol. The predicted molar refractivity (Wildman–Crippen MR) is 128 cm³/mol. The van der Waals surface area contributed by atoms with Crippen molar-refractivity contribution in [3.63, 3.8) is 0 Å². The maximum absolute atomic E-state index is 13.3. The lowest BCUT2D eigenvalue weighted by molar-refractivity contribution is -0.140. The lowest BCUT2D eigenvalue weighted by Gasteiger charge is -2.25. The van der Waals surface area contributed by atoms with Crippen LogP contribution in [0.4, 0.5) is 0 Å². The Labute approximate surface area is 198 Å². The van der Waals surface area contributed by atoms with Gasteiger partial charge in [-0.3, -0.25) is 19.6 Å². The molecule has 0 bridgehead atoms. The summed E-state index contributed by atoms with van der Waals surface area (Å²) in [5.74, 6) is -1.35. The molecular weight excluding hydrogens is 430 g/mol. The minimum absolute atomic E-state index is 0.0167. The summed E-state index contributed by atoms with van der Waals surface area (Å²) in [7, 11) is 1.50. The third-order valence-electron chi connectivity index (χ3n) is 5.90. The number of amides is 1. The second-order valence-corrected chi connectivity index (χ2v) is 9.21. The Balaban J connectivity index is 1.91. The van der Waals surface area contributed by atoms with Crippen LogP contribution in [0.3, 0.4) is 0 Å². The number of rotatable bonds is 5. The summed E-state index contributed by atoms with van der Waals surface area (Å²) in [4.78, 5) is 36.4. The zero-order valence-electron chi connectivity index (χ0n) is 19.6. The molecule has 1 saturated heterocycles. The van der Waals surface area contributed by atoms with Crippen molar-refractivity contribution >= 4 is 17.4 Å². The number of carbonyl (C=O) groups is 2. The number of hydrogen-bond acceptors (Lipinski definition) is 6. The number of carbonyl (C=O) groups excluding carboxylic acids is 2. The first-order valence-electron chi connectivity index (χ1n) is 11.0. The van der Waals surface area contributed by atoms with Crippen molar-refractivity contribution in [3.8, 4) is 5.75 Å². The average Bonchev–Trinajstić information content (AvgIpc) is 3.08. The number of aliphatic hydroxyl groups excluding tert-OH is 1. The summed E-state index contributed by atoms with van der Waals surface area (Å²) < 4.78 is 5.49. The number of Topliss-reactive ketones (excluding diaryl/α,β-unsaturated/α-hetero) is 1. The van der Waals surface area contributed by atoms with Crippen LogP contribution >= 0.6 is 0 Å². The van der Waals surface area contributed by atoms with Crippen molar-refractivity contribution in [2.24, 2.45) is 0 Å². The van der Waals surface area contributed by atoms with Crippen molar-refractivity contribution in [1.29, 1.82) is 0 Å². The van der Waals surface area contributed by atoms with Crippen molar-refractivity contribution in [1.82, 2.24) is 14.9 Å². The number of pyridine rings is 2. The first-order valence-corrected chi connectivity index (χ1v) is 11.0. The quantitative estimate of drug-likeness (QED) is 0.347. The third-order valence-corrected chi connectivity index (χ3v) is 5.90. The normalized spacial score (nSPS) is 17.8. The molecule has 7 nitrogen and oxygen atoms in total. The van der Waals surface area contributed by atoms with E-state index in [-0.39, 0.29) is 23.3 Å². The highest BCUT2D eigenvalue weighted by atomic mass is 16.5. The molecule has 1 aliphatic rings. The van der Waals surface area contributed by atoms with E-state index in [1.807, 2.05) is 12.1 Å². The molecule has 0 radical (unpaired) electrons. The van der Waals surface area contributed by atoms with Gasteiger partial charge in [0, 0.05) is 25.1 Å². The van der Waals surface area contributed by atoms with E-state index in [0.29, 0.717) is 17.0 Å². The first kappa shape index (κ1) is 23.2. The Morgan fingerprint density at radius 3 is 2.50 bits per heavy atom. The highest BCUT2D eigenvalue weighted by Crippen LogP contribution is 2.41. The van der Waals surface area contributed by atoms with E-state index in [4.69, 9.17) is 4.74 Å². The Bertz CT molecular complexity index is 1250. The predicted octanol–water partition coefficient (Wildman–Crippen LogP) is 4.40. The van der Waals surface area contributed by atoms with Gasteiger partial charge in [-0.1, -0.05) is 39.0 Å². The number of aromatic nitrogens is 2. The standard InChI is InChI=1S/C27H27N3O4/c1-27(2,3)18-10-11-21(34-4)19(14-18)24(31)22-23(20-9-5-6-13-29-20)30(26(33)25(22)32)16-17-8-7-12-28-15-17/h5-15,23,31H,16H2,1-4H3/b24-22+. The topological polar surface area (TPSA) is 92.6 Å². The average molecular weight is 458 g/mol. The summed E-state index contributed by atoms with van der Waals surface area (Å²) in [5.41, 5.74) is 2.34. The molecule has 2 aromatic heterocycles. The van der Waals surface area contributed by atoms with E-state index in [1.54, 1.807) is 55.0 Å². The van der Waals surface area contributed by atoms with E-state index < -0.39 is 17.7 Å². The number of hydrogen-bond donors (Lipinski definition) is 1. The van der Waals surface area contributed by atoms with Crippen molar-refractivity contribution in [3.05, 3.63) is 95.1 Å². The fourth-order valence-electron chi connectivity index (χ4n) is 4.08. The molecule has 4 rings (SSSR count).